The van der Waals surface area contributed by atoms with E-state index >= 15 is 0 Å². The van der Waals surface area contributed by atoms with Crippen molar-refractivity contribution in [1.29, 1.82) is 0 Å². The second-order valence-electron chi connectivity index (χ2n) is 5.42. The van der Waals surface area contributed by atoms with Crippen LogP contribution >= 0.6 is 11.8 Å². The smallest absolute Gasteiger partial charge is 0.0809 e. The Bertz CT molecular complexity index is 421. The molecule has 2 unspecified atom stereocenters. The van der Waals surface area contributed by atoms with Crippen molar-refractivity contribution in [3.63, 3.8) is 0 Å². The maximum atomic E-state index is 5.68. The minimum absolute atomic E-state index is 0.348. The number of thioether (sulfide) groups is 1. The largest absolute Gasteiger partial charge is 0.379 e. The minimum atomic E-state index is 0.348. The Hall–Kier alpha value is -0.550. The molecule has 1 aromatic rings. The van der Waals surface area contributed by atoms with E-state index in [9.17, 15) is 0 Å². The van der Waals surface area contributed by atoms with Gasteiger partial charge in [-0.25, -0.2) is 0 Å². The number of hydrogen-bond acceptors (Lipinski definition) is 4. The molecule has 3 nitrogen and oxygen atoms in total. The summed E-state index contributed by atoms with van der Waals surface area (Å²) in [5, 5.41) is 3.63. The summed E-state index contributed by atoms with van der Waals surface area (Å²) in [6, 6.07) is 9.21. The van der Waals surface area contributed by atoms with Crippen LogP contribution in [0.1, 0.15) is 30.9 Å². The molecule has 0 radical (unpaired) electrons. The summed E-state index contributed by atoms with van der Waals surface area (Å²) in [5.41, 5.74) is 1.46. The molecule has 2 aliphatic rings. The van der Waals surface area contributed by atoms with Crippen molar-refractivity contribution in [2.45, 2.75) is 36.3 Å². The van der Waals surface area contributed by atoms with E-state index < -0.39 is 0 Å². The number of rotatable bonds is 7. The average Bonchev–Trinajstić information content (AvgIpc) is 3.12. The third-order valence-corrected chi connectivity index (χ3v) is 5.07. The summed E-state index contributed by atoms with van der Waals surface area (Å²) in [5.74, 6) is 1.15. The molecule has 20 heavy (non-hydrogen) atoms. The van der Waals surface area contributed by atoms with E-state index in [4.69, 9.17) is 9.47 Å². The summed E-state index contributed by atoms with van der Waals surface area (Å²) in [7, 11) is 0. The molecule has 4 heteroatoms. The number of hydrogen-bond donors (Lipinski definition) is 1. The standard InChI is InChI=1S/C16H23NO2S/c1-2-7-16-14(6-1)15(12-20-16)17-8-4-9-18-11-13-5-3-10-19-13/h1-2,6-7,13,15,17H,3-5,8-12H2. The van der Waals surface area contributed by atoms with E-state index in [2.05, 4.69) is 29.6 Å². The first-order valence-corrected chi connectivity index (χ1v) is 8.56. The summed E-state index contributed by atoms with van der Waals surface area (Å²) >= 11 is 1.95. The SMILES string of the molecule is c1ccc2c(c1)SCC2NCCCOCC1CCCO1. The quantitative estimate of drug-likeness (QED) is 0.783. The molecule has 0 aliphatic carbocycles. The van der Waals surface area contributed by atoms with E-state index in [0.29, 0.717) is 12.1 Å². The van der Waals surface area contributed by atoms with Crippen LogP contribution in [0.3, 0.4) is 0 Å². The lowest BCUT2D eigenvalue weighted by atomic mass is 10.1. The molecule has 0 bridgehead atoms. The van der Waals surface area contributed by atoms with E-state index in [0.717, 1.165) is 45.0 Å². The van der Waals surface area contributed by atoms with Crippen LogP contribution in [-0.2, 0) is 9.47 Å². The van der Waals surface area contributed by atoms with Crippen LogP contribution in [0.2, 0.25) is 0 Å². The fourth-order valence-corrected chi connectivity index (χ4v) is 3.97. The first-order valence-electron chi connectivity index (χ1n) is 7.58. The van der Waals surface area contributed by atoms with Gasteiger partial charge in [-0.05, 0) is 37.4 Å². The van der Waals surface area contributed by atoms with Crippen LogP contribution in [0.25, 0.3) is 0 Å². The van der Waals surface area contributed by atoms with Crippen molar-refractivity contribution < 1.29 is 9.47 Å². The lowest BCUT2D eigenvalue weighted by Crippen LogP contribution is -2.23. The fourth-order valence-electron chi connectivity index (χ4n) is 2.77. The van der Waals surface area contributed by atoms with Crippen molar-refractivity contribution in [3.8, 4) is 0 Å². The van der Waals surface area contributed by atoms with Crippen LogP contribution < -0.4 is 5.32 Å². The van der Waals surface area contributed by atoms with Crippen molar-refractivity contribution in [3.05, 3.63) is 29.8 Å². The van der Waals surface area contributed by atoms with Crippen LogP contribution in [0.15, 0.2) is 29.2 Å². The minimum Gasteiger partial charge on any atom is -0.379 e. The van der Waals surface area contributed by atoms with Crippen molar-refractivity contribution in [2.75, 3.05) is 32.1 Å². The normalized spacial score (nSPS) is 25.0. The highest BCUT2D eigenvalue weighted by Crippen LogP contribution is 2.37. The number of fused-ring (bicyclic) bond motifs is 1. The first kappa shape index (κ1) is 14.4. The van der Waals surface area contributed by atoms with Gasteiger partial charge in [0.25, 0.3) is 0 Å². The molecule has 1 aromatic carbocycles. The molecule has 1 saturated heterocycles. The molecular weight excluding hydrogens is 270 g/mol. The Morgan fingerprint density at radius 1 is 1.35 bits per heavy atom. The topological polar surface area (TPSA) is 30.5 Å². The average molecular weight is 293 g/mol. The maximum absolute atomic E-state index is 5.68. The zero-order valence-corrected chi connectivity index (χ0v) is 12.7. The van der Waals surface area contributed by atoms with Crippen LogP contribution in [0, 0.1) is 0 Å². The Morgan fingerprint density at radius 2 is 2.30 bits per heavy atom. The van der Waals surface area contributed by atoms with E-state index in [1.165, 1.54) is 16.9 Å². The molecule has 2 atom stereocenters. The van der Waals surface area contributed by atoms with Gasteiger partial charge in [0.2, 0.25) is 0 Å². The molecule has 0 amide bonds. The Balaban J connectivity index is 1.29. The molecule has 2 heterocycles. The van der Waals surface area contributed by atoms with Gasteiger partial charge >= 0.3 is 0 Å². The van der Waals surface area contributed by atoms with Gasteiger partial charge in [0, 0.05) is 29.9 Å². The van der Waals surface area contributed by atoms with E-state index in [1.807, 2.05) is 11.8 Å². The molecule has 1 N–H and O–H groups in total. The second-order valence-corrected chi connectivity index (χ2v) is 6.48. The lowest BCUT2D eigenvalue weighted by molar-refractivity contribution is 0.0165. The van der Waals surface area contributed by atoms with Gasteiger partial charge in [-0.15, -0.1) is 11.8 Å². The fraction of sp³-hybridized carbons (Fsp3) is 0.625. The maximum Gasteiger partial charge on any atom is 0.0809 e. The number of ether oxygens (including phenoxy) is 2. The monoisotopic (exact) mass is 293 g/mol. The highest BCUT2D eigenvalue weighted by Gasteiger charge is 2.21. The van der Waals surface area contributed by atoms with Crippen LogP contribution in [0.4, 0.5) is 0 Å². The highest BCUT2D eigenvalue weighted by molar-refractivity contribution is 7.99. The Morgan fingerprint density at radius 3 is 3.20 bits per heavy atom. The van der Waals surface area contributed by atoms with E-state index in [-0.39, 0.29) is 0 Å². The second kappa shape index (κ2) is 7.46. The predicted molar refractivity (Wildman–Crippen MR) is 82.3 cm³/mol. The third-order valence-electron chi connectivity index (χ3n) is 3.88. The number of nitrogens with one attached hydrogen (secondary N) is 1. The molecule has 2 aliphatic heterocycles. The van der Waals surface area contributed by atoms with Gasteiger partial charge in [-0.1, -0.05) is 18.2 Å². The van der Waals surface area contributed by atoms with Gasteiger partial charge in [-0.3, -0.25) is 0 Å². The molecule has 0 saturated carbocycles. The van der Waals surface area contributed by atoms with Crippen molar-refractivity contribution in [2.24, 2.45) is 0 Å². The highest BCUT2D eigenvalue weighted by atomic mass is 32.2. The molecule has 0 aromatic heterocycles. The molecule has 1 fully saturated rings. The summed E-state index contributed by atoms with van der Waals surface area (Å²) in [6.45, 7) is 3.52. The van der Waals surface area contributed by atoms with Crippen LogP contribution in [-0.4, -0.2) is 38.2 Å². The van der Waals surface area contributed by atoms with Gasteiger partial charge in [0.05, 0.1) is 12.7 Å². The van der Waals surface area contributed by atoms with Gasteiger partial charge in [-0.2, -0.15) is 0 Å². The van der Waals surface area contributed by atoms with Crippen LogP contribution in [0.5, 0.6) is 0 Å². The molecule has 0 spiro atoms. The molecular formula is C16H23NO2S. The Labute approximate surface area is 125 Å². The van der Waals surface area contributed by atoms with Gasteiger partial charge < -0.3 is 14.8 Å². The lowest BCUT2D eigenvalue weighted by Gasteiger charge is -2.14. The first-order chi connectivity index (χ1) is 9.93. The zero-order chi connectivity index (χ0) is 13.6. The zero-order valence-electron chi connectivity index (χ0n) is 11.8. The van der Waals surface area contributed by atoms with Gasteiger partial charge in [0.15, 0.2) is 0 Å². The van der Waals surface area contributed by atoms with E-state index in [1.54, 1.807) is 0 Å². The van der Waals surface area contributed by atoms with Crippen molar-refractivity contribution in [1.82, 2.24) is 5.32 Å². The summed E-state index contributed by atoms with van der Waals surface area (Å²) in [6.07, 6.45) is 3.76. The molecule has 110 valence electrons. The number of benzene rings is 1. The Kier molecular flexibility index (Phi) is 5.36. The summed E-state index contributed by atoms with van der Waals surface area (Å²) in [4.78, 5) is 1.43. The predicted octanol–water partition coefficient (Wildman–Crippen LogP) is 3.01. The van der Waals surface area contributed by atoms with Crippen molar-refractivity contribution >= 4 is 11.8 Å². The third kappa shape index (κ3) is 3.76. The summed E-state index contributed by atoms with van der Waals surface area (Å²) < 4.78 is 11.2. The molecule has 3 rings (SSSR count). The van der Waals surface area contributed by atoms with Gasteiger partial charge in [0.1, 0.15) is 0 Å².